The zero-order valence-electron chi connectivity index (χ0n) is 9.19. The highest BCUT2D eigenvalue weighted by molar-refractivity contribution is 7.12. The second kappa shape index (κ2) is 3.79. The van der Waals surface area contributed by atoms with Crippen molar-refractivity contribution in [2.24, 2.45) is 12.8 Å². The van der Waals surface area contributed by atoms with Crippen LogP contribution >= 0.6 is 11.3 Å². The van der Waals surface area contributed by atoms with Gasteiger partial charge in [0.15, 0.2) is 0 Å². The van der Waals surface area contributed by atoms with Crippen molar-refractivity contribution < 1.29 is 0 Å². The van der Waals surface area contributed by atoms with E-state index in [1.165, 1.54) is 9.75 Å². The number of nitrogens with two attached hydrogens (primary N) is 1. The summed E-state index contributed by atoms with van der Waals surface area (Å²) >= 11 is 1.75. The van der Waals surface area contributed by atoms with Gasteiger partial charge in [0, 0.05) is 28.6 Å². The minimum atomic E-state index is -0.0441. The van der Waals surface area contributed by atoms with Crippen LogP contribution in [0.25, 0.3) is 0 Å². The summed E-state index contributed by atoms with van der Waals surface area (Å²) in [5.41, 5.74) is 8.32. The monoisotopic (exact) mass is 221 g/mol. The lowest BCUT2D eigenvalue weighted by Gasteiger charge is -2.07. The van der Waals surface area contributed by atoms with Crippen molar-refractivity contribution in [3.63, 3.8) is 0 Å². The van der Waals surface area contributed by atoms with Crippen LogP contribution in [0.3, 0.4) is 0 Å². The molecule has 0 radical (unpaired) electrons. The molecule has 2 N–H and O–H groups in total. The number of aryl methyl sites for hydroxylation is 3. The molecule has 3 nitrogen and oxygen atoms in total. The molecule has 0 amide bonds. The van der Waals surface area contributed by atoms with Crippen molar-refractivity contribution in [1.29, 1.82) is 0 Å². The first-order valence-electron chi connectivity index (χ1n) is 4.90. The fourth-order valence-corrected chi connectivity index (χ4v) is 2.59. The van der Waals surface area contributed by atoms with Crippen LogP contribution < -0.4 is 5.73 Å². The first-order chi connectivity index (χ1) is 7.08. The molecule has 2 aromatic heterocycles. The molecule has 1 unspecified atom stereocenters. The topological polar surface area (TPSA) is 43.8 Å². The Hall–Kier alpha value is -1.13. The second-order valence-corrected chi connectivity index (χ2v) is 5.09. The van der Waals surface area contributed by atoms with Crippen LogP contribution in [0.4, 0.5) is 0 Å². The van der Waals surface area contributed by atoms with E-state index in [1.54, 1.807) is 11.3 Å². The van der Waals surface area contributed by atoms with Crippen LogP contribution in [0, 0.1) is 13.8 Å². The molecule has 0 aliphatic carbocycles. The van der Waals surface area contributed by atoms with Gasteiger partial charge < -0.3 is 5.73 Å². The summed E-state index contributed by atoms with van der Waals surface area (Å²) in [5.74, 6) is 0. The number of hydrogen-bond donors (Lipinski definition) is 1. The molecule has 0 bridgehead atoms. The number of nitrogens with zero attached hydrogens (tertiary/aromatic N) is 2. The van der Waals surface area contributed by atoms with E-state index in [2.05, 4.69) is 24.2 Å². The molecule has 1 atom stereocenters. The van der Waals surface area contributed by atoms with Gasteiger partial charge in [-0.1, -0.05) is 0 Å². The maximum Gasteiger partial charge on any atom is 0.0679 e. The minimum Gasteiger partial charge on any atom is -0.320 e. The van der Waals surface area contributed by atoms with E-state index >= 15 is 0 Å². The van der Waals surface area contributed by atoms with Crippen LogP contribution in [0.15, 0.2) is 18.3 Å². The molecule has 4 heteroatoms. The predicted molar refractivity (Wildman–Crippen MR) is 63.0 cm³/mol. The Labute approximate surface area is 93.5 Å². The Morgan fingerprint density at radius 3 is 2.60 bits per heavy atom. The zero-order chi connectivity index (χ0) is 11.0. The van der Waals surface area contributed by atoms with Crippen molar-refractivity contribution in [3.8, 4) is 0 Å². The summed E-state index contributed by atoms with van der Waals surface area (Å²) in [6.45, 7) is 4.09. The van der Waals surface area contributed by atoms with E-state index in [1.807, 2.05) is 24.9 Å². The molecule has 0 aliphatic heterocycles. The smallest absolute Gasteiger partial charge is 0.0679 e. The number of rotatable bonds is 2. The van der Waals surface area contributed by atoms with Gasteiger partial charge in [-0.05, 0) is 26.0 Å². The predicted octanol–water partition coefficient (Wildman–Crippen LogP) is 2.15. The van der Waals surface area contributed by atoms with Crippen molar-refractivity contribution in [3.05, 3.63) is 39.3 Å². The Kier molecular flexibility index (Phi) is 2.63. The van der Waals surface area contributed by atoms with Crippen LogP contribution in [0.5, 0.6) is 0 Å². The van der Waals surface area contributed by atoms with Gasteiger partial charge in [-0.3, -0.25) is 4.68 Å². The highest BCUT2D eigenvalue weighted by Gasteiger charge is 2.15. The second-order valence-electron chi connectivity index (χ2n) is 3.77. The van der Waals surface area contributed by atoms with Gasteiger partial charge in [0.25, 0.3) is 0 Å². The Bertz CT molecular complexity index is 470. The van der Waals surface area contributed by atoms with Gasteiger partial charge in [0.2, 0.25) is 0 Å². The quantitative estimate of drug-likeness (QED) is 0.844. The van der Waals surface area contributed by atoms with Gasteiger partial charge in [-0.25, -0.2) is 0 Å². The summed E-state index contributed by atoms with van der Waals surface area (Å²) in [7, 11) is 1.92. The Morgan fingerprint density at radius 2 is 2.13 bits per heavy atom. The average Bonchev–Trinajstić information content (AvgIpc) is 2.71. The van der Waals surface area contributed by atoms with E-state index in [9.17, 15) is 0 Å². The standard InChI is InChI=1S/C11H15N3S/c1-7-4-5-10(15-7)11(12)9-6-14(3)13-8(9)2/h4-6,11H,12H2,1-3H3. The maximum absolute atomic E-state index is 6.20. The fourth-order valence-electron chi connectivity index (χ4n) is 1.70. The third-order valence-corrected chi connectivity index (χ3v) is 3.54. The lowest BCUT2D eigenvalue weighted by Crippen LogP contribution is -2.10. The van der Waals surface area contributed by atoms with E-state index in [0.29, 0.717) is 0 Å². The van der Waals surface area contributed by atoms with Crippen molar-refractivity contribution in [1.82, 2.24) is 9.78 Å². The first kappa shape index (κ1) is 10.4. The number of thiophene rings is 1. The SMILES string of the molecule is Cc1ccc(C(N)c2cn(C)nc2C)s1. The average molecular weight is 221 g/mol. The summed E-state index contributed by atoms with van der Waals surface area (Å²) in [4.78, 5) is 2.49. The molecule has 0 spiro atoms. The zero-order valence-corrected chi connectivity index (χ0v) is 10.0. The summed E-state index contributed by atoms with van der Waals surface area (Å²) in [6, 6.07) is 4.15. The molecule has 0 fully saturated rings. The molecule has 80 valence electrons. The molecule has 2 aromatic rings. The van der Waals surface area contributed by atoms with Crippen LogP contribution in [0.1, 0.15) is 27.1 Å². The molecule has 2 heterocycles. The molecule has 0 saturated carbocycles. The van der Waals surface area contributed by atoms with E-state index in [0.717, 1.165) is 11.3 Å². The van der Waals surface area contributed by atoms with Gasteiger partial charge in [0.1, 0.15) is 0 Å². The van der Waals surface area contributed by atoms with Crippen LogP contribution in [-0.4, -0.2) is 9.78 Å². The number of hydrogen-bond acceptors (Lipinski definition) is 3. The normalized spacial score (nSPS) is 13.1. The van der Waals surface area contributed by atoms with Gasteiger partial charge in [-0.2, -0.15) is 5.10 Å². The molecular weight excluding hydrogens is 206 g/mol. The van der Waals surface area contributed by atoms with Crippen LogP contribution in [-0.2, 0) is 7.05 Å². The lowest BCUT2D eigenvalue weighted by atomic mass is 10.1. The van der Waals surface area contributed by atoms with E-state index in [-0.39, 0.29) is 6.04 Å². The summed E-state index contributed by atoms with van der Waals surface area (Å²) < 4.78 is 1.81. The molecular formula is C11H15N3S. The molecule has 15 heavy (non-hydrogen) atoms. The van der Waals surface area contributed by atoms with E-state index in [4.69, 9.17) is 5.73 Å². The summed E-state index contributed by atoms with van der Waals surface area (Å²) in [5, 5.41) is 4.31. The van der Waals surface area contributed by atoms with Gasteiger partial charge in [-0.15, -0.1) is 11.3 Å². The number of aromatic nitrogens is 2. The van der Waals surface area contributed by atoms with Crippen LogP contribution in [0.2, 0.25) is 0 Å². The third kappa shape index (κ3) is 1.96. The highest BCUT2D eigenvalue weighted by atomic mass is 32.1. The lowest BCUT2D eigenvalue weighted by molar-refractivity contribution is 0.756. The van der Waals surface area contributed by atoms with Gasteiger partial charge in [0.05, 0.1) is 11.7 Å². The van der Waals surface area contributed by atoms with Gasteiger partial charge >= 0.3 is 0 Å². The van der Waals surface area contributed by atoms with Crippen molar-refractivity contribution in [2.75, 3.05) is 0 Å². The molecule has 0 aliphatic rings. The highest BCUT2D eigenvalue weighted by Crippen LogP contribution is 2.27. The Balaban J connectivity index is 2.35. The molecule has 0 saturated heterocycles. The molecule has 2 rings (SSSR count). The fraction of sp³-hybridized carbons (Fsp3) is 0.364. The molecule has 0 aromatic carbocycles. The third-order valence-electron chi connectivity index (χ3n) is 2.45. The maximum atomic E-state index is 6.20. The largest absolute Gasteiger partial charge is 0.320 e. The van der Waals surface area contributed by atoms with Crippen molar-refractivity contribution >= 4 is 11.3 Å². The van der Waals surface area contributed by atoms with E-state index < -0.39 is 0 Å². The Morgan fingerprint density at radius 1 is 1.40 bits per heavy atom. The van der Waals surface area contributed by atoms with Crippen molar-refractivity contribution in [2.45, 2.75) is 19.9 Å². The first-order valence-corrected chi connectivity index (χ1v) is 5.71. The summed E-state index contributed by atoms with van der Waals surface area (Å²) in [6.07, 6.45) is 2.00. The minimum absolute atomic E-state index is 0.0441.